The van der Waals surface area contributed by atoms with E-state index in [-0.39, 0.29) is 17.9 Å². The maximum absolute atomic E-state index is 12.5. The second kappa shape index (κ2) is 9.55. The first-order valence-electron chi connectivity index (χ1n) is 10.6. The Bertz CT molecular complexity index is 1390. The van der Waals surface area contributed by atoms with Gasteiger partial charge in [-0.15, -0.1) is 5.10 Å². The molecule has 5 rings (SSSR count). The van der Waals surface area contributed by atoms with Gasteiger partial charge in [0.2, 0.25) is 5.95 Å². The molecule has 2 N–H and O–H groups in total. The fourth-order valence-electron chi connectivity index (χ4n) is 3.66. The molecular formula is C26H19Cl2N5O. The van der Waals surface area contributed by atoms with Crippen LogP contribution in [0.15, 0.2) is 91.0 Å². The Morgan fingerprint density at radius 3 is 2.47 bits per heavy atom. The first-order valence-corrected chi connectivity index (χ1v) is 11.3. The minimum atomic E-state index is -0.356. The van der Waals surface area contributed by atoms with E-state index in [2.05, 4.69) is 26.8 Å². The second-order valence-electron chi connectivity index (χ2n) is 7.62. The van der Waals surface area contributed by atoms with Crippen LogP contribution in [0, 0.1) is 0 Å². The Morgan fingerprint density at radius 2 is 1.71 bits per heavy atom. The number of anilines is 2. The zero-order valence-corrected chi connectivity index (χ0v) is 19.3. The van der Waals surface area contributed by atoms with E-state index >= 15 is 0 Å². The number of rotatable bonds is 5. The quantitative estimate of drug-likeness (QED) is 0.324. The first-order chi connectivity index (χ1) is 16.6. The number of allylic oxidation sites excluding steroid dienone is 1. The Hall–Kier alpha value is -3.87. The maximum Gasteiger partial charge on any atom is 0.250 e. The van der Waals surface area contributed by atoms with Crippen LogP contribution in [0.25, 0.3) is 11.8 Å². The average Bonchev–Trinajstić information content (AvgIpc) is 3.26. The molecule has 1 aliphatic rings. The number of amides is 1. The summed E-state index contributed by atoms with van der Waals surface area (Å²) in [5.41, 5.74) is 3.63. The summed E-state index contributed by atoms with van der Waals surface area (Å²) in [5, 5.41) is 11.8. The number of benzene rings is 3. The highest BCUT2D eigenvalue weighted by Crippen LogP contribution is 2.33. The number of hydrogen-bond donors (Lipinski definition) is 2. The monoisotopic (exact) mass is 487 g/mol. The fraction of sp³-hybridized carbons (Fsp3) is 0.0385. The molecule has 1 aliphatic heterocycles. The van der Waals surface area contributed by atoms with Crippen molar-refractivity contribution >= 4 is 52.8 Å². The van der Waals surface area contributed by atoms with Crippen molar-refractivity contribution in [1.29, 1.82) is 0 Å². The van der Waals surface area contributed by atoms with Crippen LogP contribution in [0.5, 0.6) is 0 Å². The molecule has 0 fully saturated rings. The Labute approximate surface area is 206 Å². The molecule has 4 aromatic rings. The van der Waals surface area contributed by atoms with Crippen LogP contribution in [0.3, 0.4) is 0 Å². The molecule has 0 radical (unpaired) electrons. The molecule has 0 saturated heterocycles. The number of carbonyl (C=O) groups is 1. The minimum Gasteiger partial charge on any atom is -0.324 e. The fourth-order valence-corrected chi connectivity index (χ4v) is 3.98. The number of carbonyl (C=O) groups excluding carboxylic acids is 1. The van der Waals surface area contributed by atoms with Crippen LogP contribution >= 0.6 is 23.2 Å². The van der Waals surface area contributed by atoms with Crippen LogP contribution in [0.4, 0.5) is 11.9 Å². The number of fused-ring (bicyclic) bond motifs is 1. The summed E-state index contributed by atoms with van der Waals surface area (Å²) >= 11 is 12.2. The summed E-state index contributed by atoms with van der Waals surface area (Å²) in [6, 6.07) is 24.6. The highest BCUT2D eigenvalue weighted by Gasteiger charge is 2.25. The number of aromatic nitrogens is 3. The van der Waals surface area contributed by atoms with Gasteiger partial charge in [-0.05, 0) is 47.0 Å². The average molecular weight is 488 g/mol. The first kappa shape index (κ1) is 21.9. The van der Waals surface area contributed by atoms with Crippen molar-refractivity contribution in [2.45, 2.75) is 6.04 Å². The largest absolute Gasteiger partial charge is 0.324 e. The van der Waals surface area contributed by atoms with Gasteiger partial charge >= 0.3 is 0 Å². The van der Waals surface area contributed by atoms with E-state index in [9.17, 15) is 4.79 Å². The Kier molecular flexibility index (Phi) is 6.16. The lowest BCUT2D eigenvalue weighted by atomic mass is 10.0. The van der Waals surface area contributed by atoms with E-state index < -0.39 is 0 Å². The predicted molar refractivity (Wildman–Crippen MR) is 137 cm³/mol. The molecule has 168 valence electrons. The predicted octanol–water partition coefficient (Wildman–Crippen LogP) is 6.29. The van der Waals surface area contributed by atoms with Crippen molar-refractivity contribution in [1.82, 2.24) is 14.8 Å². The molecule has 2 heterocycles. The molecule has 0 aliphatic carbocycles. The molecule has 0 bridgehead atoms. The molecule has 8 heteroatoms. The summed E-state index contributed by atoms with van der Waals surface area (Å²) in [7, 11) is 0. The highest BCUT2D eigenvalue weighted by molar-refractivity contribution is 6.32. The van der Waals surface area contributed by atoms with Crippen molar-refractivity contribution in [3.05, 3.63) is 118 Å². The molecule has 1 atom stereocenters. The standard InChI is InChI=1S/C26H19Cl2N5O/c27-20-13-10-18(11-14-20)22-16-23(19-7-2-1-3-8-19)33-26(29-22)31-25(32-33)30-24(34)15-12-17-6-4-5-9-21(17)28/h1-16,23H,(H2,29,30,31,32,34)/b15-12+/t23-/m0/s1. The normalized spacial score (nSPS) is 14.9. The summed E-state index contributed by atoms with van der Waals surface area (Å²) in [5.74, 6) is 0.361. The minimum absolute atomic E-state index is 0.197. The molecule has 0 spiro atoms. The van der Waals surface area contributed by atoms with Gasteiger partial charge in [0.1, 0.15) is 6.04 Å². The smallest absolute Gasteiger partial charge is 0.250 e. The van der Waals surface area contributed by atoms with Crippen molar-refractivity contribution in [3.63, 3.8) is 0 Å². The van der Waals surface area contributed by atoms with E-state index in [1.165, 1.54) is 6.08 Å². The molecule has 3 aromatic carbocycles. The van der Waals surface area contributed by atoms with E-state index in [1.54, 1.807) is 16.8 Å². The summed E-state index contributed by atoms with van der Waals surface area (Å²) < 4.78 is 1.75. The topological polar surface area (TPSA) is 71.8 Å². The summed E-state index contributed by atoms with van der Waals surface area (Å²) in [6.45, 7) is 0. The van der Waals surface area contributed by atoms with E-state index in [4.69, 9.17) is 23.2 Å². The van der Waals surface area contributed by atoms with E-state index in [0.717, 1.165) is 22.4 Å². The van der Waals surface area contributed by atoms with Crippen LogP contribution in [0.2, 0.25) is 10.0 Å². The Morgan fingerprint density at radius 1 is 0.971 bits per heavy atom. The zero-order chi connectivity index (χ0) is 23.5. The van der Waals surface area contributed by atoms with Crippen molar-refractivity contribution in [3.8, 4) is 0 Å². The molecule has 1 aromatic heterocycles. The zero-order valence-electron chi connectivity index (χ0n) is 17.8. The van der Waals surface area contributed by atoms with Crippen LogP contribution in [-0.2, 0) is 4.79 Å². The van der Waals surface area contributed by atoms with Crippen molar-refractivity contribution < 1.29 is 4.79 Å². The lowest BCUT2D eigenvalue weighted by molar-refractivity contribution is -0.111. The van der Waals surface area contributed by atoms with Crippen LogP contribution in [-0.4, -0.2) is 20.7 Å². The molecule has 1 amide bonds. The van der Waals surface area contributed by atoms with Gasteiger partial charge in [-0.25, -0.2) is 4.68 Å². The summed E-state index contributed by atoms with van der Waals surface area (Å²) in [6.07, 6.45) is 5.13. The molecule has 0 unspecified atom stereocenters. The number of nitrogens with one attached hydrogen (secondary N) is 2. The van der Waals surface area contributed by atoms with Gasteiger partial charge in [0.25, 0.3) is 11.9 Å². The van der Waals surface area contributed by atoms with Crippen LogP contribution < -0.4 is 10.6 Å². The van der Waals surface area contributed by atoms with E-state index in [0.29, 0.717) is 16.0 Å². The molecule has 0 saturated carbocycles. The maximum atomic E-state index is 12.5. The third-order valence-corrected chi connectivity index (χ3v) is 5.91. The molecular weight excluding hydrogens is 469 g/mol. The van der Waals surface area contributed by atoms with Gasteiger partial charge < -0.3 is 5.32 Å². The van der Waals surface area contributed by atoms with Gasteiger partial charge in [0, 0.05) is 21.8 Å². The molecule has 34 heavy (non-hydrogen) atoms. The number of halogens is 2. The van der Waals surface area contributed by atoms with Crippen molar-refractivity contribution in [2.24, 2.45) is 0 Å². The molecule has 6 nitrogen and oxygen atoms in total. The van der Waals surface area contributed by atoms with E-state index in [1.807, 2.05) is 72.8 Å². The highest BCUT2D eigenvalue weighted by atomic mass is 35.5. The Balaban J connectivity index is 1.43. The van der Waals surface area contributed by atoms with Gasteiger partial charge in [0.15, 0.2) is 0 Å². The number of nitrogens with zero attached hydrogens (tertiary/aromatic N) is 3. The van der Waals surface area contributed by atoms with Gasteiger partial charge in [0.05, 0.1) is 0 Å². The third kappa shape index (κ3) is 4.73. The lowest BCUT2D eigenvalue weighted by Crippen LogP contribution is -2.20. The van der Waals surface area contributed by atoms with Gasteiger partial charge in [-0.1, -0.05) is 83.9 Å². The van der Waals surface area contributed by atoms with Crippen LogP contribution in [0.1, 0.15) is 22.7 Å². The SMILES string of the molecule is O=C(/C=C/c1ccccc1Cl)Nc1nc2n(n1)[C@H](c1ccccc1)C=C(c1ccc(Cl)cc1)N2. The second-order valence-corrected chi connectivity index (χ2v) is 8.46. The van der Waals surface area contributed by atoms with Gasteiger partial charge in [-0.3, -0.25) is 10.1 Å². The number of hydrogen-bond acceptors (Lipinski definition) is 4. The summed E-state index contributed by atoms with van der Waals surface area (Å²) in [4.78, 5) is 17.0. The lowest BCUT2D eigenvalue weighted by Gasteiger charge is -2.24. The third-order valence-electron chi connectivity index (χ3n) is 5.32. The van der Waals surface area contributed by atoms with Gasteiger partial charge in [-0.2, -0.15) is 4.98 Å². The van der Waals surface area contributed by atoms with Crippen molar-refractivity contribution in [2.75, 3.05) is 10.6 Å².